The zero-order valence-corrected chi connectivity index (χ0v) is 11.7. The average molecular weight is 272 g/mol. The molecule has 1 N–H and O–H groups in total. The van der Waals surface area contributed by atoms with E-state index in [1.165, 1.54) is 5.56 Å². The van der Waals surface area contributed by atoms with Crippen LogP contribution < -0.4 is 4.74 Å². The summed E-state index contributed by atoms with van der Waals surface area (Å²) in [6, 6.07) is 8.07. The molecule has 0 fully saturated rings. The van der Waals surface area contributed by atoms with E-state index in [4.69, 9.17) is 4.74 Å². The molecule has 0 amide bonds. The van der Waals surface area contributed by atoms with Gasteiger partial charge in [-0.05, 0) is 48.6 Å². The Bertz CT molecular complexity index is 592. The monoisotopic (exact) mass is 272 g/mol. The van der Waals surface area contributed by atoms with Crippen LogP contribution in [-0.4, -0.2) is 21.5 Å². The highest BCUT2D eigenvalue weighted by atomic mass is 16.5. The molecule has 1 atom stereocenters. The van der Waals surface area contributed by atoms with Gasteiger partial charge in [-0.25, -0.2) is 0 Å². The lowest BCUT2D eigenvalue weighted by molar-refractivity contribution is 0.156. The lowest BCUT2D eigenvalue weighted by atomic mass is 9.89. The van der Waals surface area contributed by atoms with Crippen LogP contribution in [0.2, 0.25) is 0 Å². The van der Waals surface area contributed by atoms with E-state index in [0.717, 1.165) is 42.7 Å². The van der Waals surface area contributed by atoms with Crippen LogP contribution in [0.1, 0.15) is 35.8 Å². The highest BCUT2D eigenvalue weighted by Gasteiger charge is 2.18. The molecule has 20 heavy (non-hydrogen) atoms. The lowest BCUT2D eigenvalue weighted by Crippen LogP contribution is -2.10. The largest absolute Gasteiger partial charge is 0.493 e. The summed E-state index contributed by atoms with van der Waals surface area (Å²) in [5.41, 5.74) is 3.44. The van der Waals surface area contributed by atoms with Crippen LogP contribution in [0.5, 0.6) is 5.75 Å². The van der Waals surface area contributed by atoms with Crippen molar-refractivity contribution < 1.29 is 9.84 Å². The number of benzene rings is 1. The molecule has 0 spiro atoms. The third kappa shape index (κ3) is 2.70. The van der Waals surface area contributed by atoms with Crippen molar-refractivity contribution in [3.63, 3.8) is 0 Å². The molecular formula is C16H20N2O2. The predicted molar refractivity (Wildman–Crippen MR) is 76.7 cm³/mol. The van der Waals surface area contributed by atoms with Gasteiger partial charge in [-0.15, -0.1) is 0 Å². The van der Waals surface area contributed by atoms with Crippen molar-refractivity contribution in [2.75, 3.05) is 6.61 Å². The first kappa shape index (κ1) is 13.2. The fourth-order valence-electron chi connectivity index (χ4n) is 2.76. The average Bonchev–Trinajstić information content (AvgIpc) is 2.85. The van der Waals surface area contributed by atoms with Crippen molar-refractivity contribution in [2.24, 2.45) is 7.05 Å². The van der Waals surface area contributed by atoms with Gasteiger partial charge in [0.1, 0.15) is 5.75 Å². The van der Waals surface area contributed by atoms with Crippen LogP contribution >= 0.6 is 0 Å². The van der Waals surface area contributed by atoms with Gasteiger partial charge >= 0.3 is 0 Å². The first-order valence-electron chi connectivity index (χ1n) is 7.14. The van der Waals surface area contributed by atoms with E-state index in [2.05, 4.69) is 11.2 Å². The summed E-state index contributed by atoms with van der Waals surface area (Å²) in [6.45, 7) is 0.619. The van der Waals surface area contributed by atoms with E-state index in [1.54, 1.807) is 6.20 Å². The van der Waals surface area contributed by atoms with Gasteiger partial charge in [0.2, 0.25) is 0 Å². The molecule has 1 aliphatic carbocycles. The van der Waals surface area contributed by atoms with E-state index in [9.17, 15) is 5.11 Å². The summed E-state index contributed by atoms with van der Waals surface area (Å²) in [5, 5.41) is 14.2. The topological polar surface area (TPSA) is 47.3 Å². The van der Waals surface area contributed by atoms with Crippen LogP contribution in [0, 0.1) is 0 Å². The van der Waals surface area contributed by atoms with Crippen molar-refractivity contribution >= 4 is 0 Å². The van der Waals surface area contributed by atoms with E-state index in [1.807, 2.05) is 29.9 Å². The Labute approximate surface area is 119 Å². The number of hydrogen-bond donors (Lipinski definition) is 1. The second-order valence-corrected chi connectivity index (χ2v) is 5.31. The smallest absolute Gasteiger partial charge is 0.119 e. The fraction of sp³-hybridized carbons (Fsp3) is 0.438. The van der Waals surface area contributed by atoms with Gasteiger partial charge in [0.25, 0.3) is 0 Å². The van der Waals surface area contributed by atoms with Gasteiger partial charge in [0.15, 0.2) is 0 Å². The molecule has 1 unspecified atom stereocenters. The Balaban J connectivity index is 1.63. The predicted octanol–water partition coefficient (Wildman–Crippen LogP) is 2.41. The molecule has 4 nitrogen and oxygen atoms in total. The number of rotatable bonds is 4. The first-order valence-corrected chi connectivity index (χ1v) is 7.14. The van der Waals surface area contributed by atoms with Gasteiger partial charge in [-0.1, -0.05) is 6.07 Å². The maximum atomic E-state index is 10.0. The number of fused-ring (bicyclic) bond motifs is 1. The van der Waals surface area contributed by atoms with E-state index < -0.39 is 0 Å². The summed E-state index contributed by atoms with van der Waals surface area (Å²) in [5.74, 6) is 0.840. The quantitative estimate of drug-likeness (QED) is 0.929. The van der Waals surface area contributed by atoms with E-state index in [-0.39, 0.29) is 6.10 Å². The molecule has 1 heterocycles. The molecule has 4 heteroatoms. The van der Waals surface area contributed by atoms with Crippen LogP contribution in [-0.2, 0) is 19.9 Å². The van der Waals surface area contributed by atoms with Crippen LogP contribution in [0.4, 0.5) is 0 Å². The number of aliphatic hydroxyl groups excluding tert-OH is 1. The standard InChI is InChI=1S/C16H20N2O2/c1-18-13(7-9-17-18)8-10-20-14-6-5-12-3-2-4-16(19)15(12)11-14/h5-7,9,11,16,19H,2-4,8,10H2,1H3. The molecule has 1 aliphatic rings. The van der Waals surface area contributed by atoms with Crippen molar-refractivity contribution in [2.45, 2.75) is 31.8 Å². The third-order valence-electron chi connectivity index (χ3n) is 3.95. The molecule has 0 saturated heterocycles. The van der Waals surface area contributed by atoms with Crippen LogP contribution in [0.3, 0.4) is 0 Å². The summed E-state index contributed by atoms with van der Waals surface area (Å²) >= 11 is 0. The Morgan fingerprint density at radius 1 is 1.40 bits per heavy atom. The van der Waals surface area contributed by atoms with Crippen molar-refractivity contribution in [3.05, 3.63) is 47.3 Å². The van der Waals surface area contributed by atoms with Gasteiger partial charge in [-0.3, -0.25) is 4.68 Å². The number of aryl methyl sites for hydroxylation is 2. The summed E-state index contributed by atoms with van der Waals surface area (Å²) in [4.78, 5) is 0. The summed E-state index contributed by atoms with van der Waals surface area (Å²) in [7, 11) is 1.94. The van der Waals surface area contributed by atoms with E-state index >= 15 is 0 Å². The van der Waals surface area contributed by atoms with Crippen molar-refractivity contribution in [1.82, 2.24) is 9.78 Å². The van der Waals surface area contributed by atoms with Crippen molar-refractivity contribution in [3.8, 4) is 5.75 Å². The van der Waals surface area contributed by atoms with Gasteiger partial charge in [-0.2, -0.15) is 5.10 Å². The Morgan fingerprint density at radius 2 is 2.30 bits per heavy atom. The molecule has 0 bridgehead atoms. The zero-order chi connectivity index (χ0) is 13.9. The van der Waals surface area contributed by atoms with Crippen LogP contribution in [0.15, 0.2) is 30.5 Å². The molecule has 1 aromatic carbocycles. The van der Waals surface area contributed by atoms with Crippen molar-refractivity contribution in [1.29, 1.82) is 0 Å². The summed E-state index contributed by atoms with van der Waals surface area (Å²) < 4.78 is 7.66. The van der Waals surface area contributed by atoms with Gasteiger partial charge in [0, 0.05) is 25.4 Å². The number of ether oxygens (including phenoxy) is 1. The number of nitrogens with zero attached hydrogens (tertiary/aromatic N) is 2. The van der Waals surface area contributed by atoms with Gasteiger partial charge in [0.05, 0.1) is 12.7 Å². The number of aliphatic hydroxyl groups is 1. The summed E-state index contributed by atoms with van der Waals surface area (Å²) in [6.07, 6.45) is 5.27. The van der Waals surface area contributed by atoms with Gasteiger partial charge < -0.3 is 9.84 Å². The molecule has 1 aromatic heterocycles. The Hall–Kier alpha value is -1.81. The Morgan fingerprint density at radius 3 is 3.10 bits per heavy atom. The lowest BCUT2D eigenvalue weighted by Gasteiger charge is -2.22. The number of aromatic nitrogens is 2. The minimum atomic E-state index is -0.334. The maximum absolute atomic E-state index is 10.0. The molecule has 0 saturated carbocycles. The Kier molecular flexibility index (Phi) is 3.74. The second kappa shape index (κ2) is 5.67. The molecule has 0 radical (unpaired) electrons. The first-order chi connectivity index (χ1) is 9.74. The highest BCUT2D eigenvalue weighted by molar-refractivity contribution is 5.38. The SMILES string of the molecule is Cn1nccc1CCOc1ccc2c(c1)C(O)CCC2. The molecular weight excluding hydrogens is 252 g/mol. The number of hydrogen-bond acceptors (Lipinski definition) is 3. The minimum Gasteiger partial charge on any atom is -0.493 e. The second-order valence-electron chi connectivity index (χ2n) is 5.31. The maximum Gasteiger partial charge on any atom is 0.119 e. The van der Waals surface area contributed by atoms with Crippen LogP contribution in [0.25, 0.3) is 0 Å². The molecule has 3 rings (SSSR count). The fourth-order valence-corrected chi connectivity index (χ4v) is 2.76. The zero-order valence-electron chi connectivity index (χ0n) is 11.7. The third-order valence-corrected chi connectivity index (χ3v) is 3.95. The normalized spacial score (nSPS) is 17.8. The molecule has 2 aromatic rings. The highest BCUT2D eigenvalue weighted by Crippen LogP contribution is 2.32. The van der Waals surface area contributed by atoms with E-state index in [0.29, 0.717) is 6.61 Å². The minimum absolute atomic E-state index is 0.334. The molecule has 0 aliphatic heterocycles. The molecule has 106 valence electrons.